The van der Waals surface area contributed by atoms with Crippen LogP contribution in [0.25, 0.3) is 22.0 Å². The molecule has 0 saturated heterocycles. The lowest BCUT2D eigenvalue weighted by molar-refractivity contribution is 0.252. The number of nitrogens with zero attached hydrogens (tertiary/aromatic N) is 1. The van der Waals surface area contributed by atoms with Crippen LogP contribution in [0.2, 0.25) is 0 Å². The lowest BCUT2D eigenvalue weighted by atomic mass is 10.1. The average molecular weight is 359 g/mol. The van der Waals surface area contributed by atoms with Crippen molar-refractivity contribution in [1.82, 2.24) is 10.3 Å². The summed E-state index contributed by atoms with van der Waals surface area (Å²) in [5.74, 6) is 0. The molecule has 4 rings (SSSR count). The number of carbonyl (C=O) groups excluding carboxylic acids is 1. The molecule has 0 aliphatic carbocycles. The molecule has 0 spiro atoms. The van der Waals surface area contributed by atoms with Gasteiger partial charge < -0.3 is 10.6 Å². The normalized spacial score (nSPS) is 10.6. The molecule has 0 aliphatic heterocycles. The minimum Gasteiger partial charge on any atom is -0.331 e. The van der Waals surface area contributed by atoms with Crippen LogP contribution in [-0.4, -0.2) is 11.0 Å². The zero-order chi connectivity index (χ0) is 17.8. The summed E-state index contributed by atoms with van der Waals surface area (Å²) in [7, 11) is 0. The molecule has 0 aliphatic rings. The van der Waals surface area contributed by atoms with Crippen LogP contribution in [0, 0.1) is 0 Å². The summed E-state index contributed by atoms with van der Waals surface area (Å²) in [6, 6.07) is 23.6. The fraction of sp³-hybridized carbons (Fsp3) is 0.0476. The minimum absolute atomic E-state index is 0.238. The van der Waals surface area contributed by atoms with Gasteiger partial charge in [-0.05, 0) is 11.5 Å². The highest BCUT2D eigenvalue weighted by Crippen LogP contribution is 2.23. The smallest absolute Gasteiger partial charge is 0.319 e. The van der Waals surface area contributed by atoms with Crippen LogP contribution in [0.15, 0.2) is 78.2 Å². The molecular formula is C21H17N3OS. The molecule has 0 bridgehead atoms. The highest BCUT2D eigenvalue weighted by molar-refractivity contribution is 7.09. The second-order valence-electron chi connectivity index (χ2n) is 5.83. The third-order valence-corrected chi connectivity index (χ3v) is 4.91. The van der Waals surface area contributed by atoms with Gasteiger partial charge in [-0.25, -0.2) is 9.78 Å². The van der Waals surface area contributed by atoms with Gasteiger partial charge in [-0.3, -0.25) is 0 Å². The third kappa shape index (κ3) is 3.58. The fourth-order valence-electron chi connectivity index (χ4n) is 2.79. The summed E-state index contributed by atoms with van der Waals surface area (Å²) in [5, 5.41) is 10.8. The summed E-state index contributed by atoms with van der Waals surface area (Å²) in [6.45, 7) is 0.397. The van der Waals surface area contributed by atoms with E-state index < -0.39 is 0 Å². The van der Waals surface area contributed by atoms with Crippen LogP contribution in [0.1, 0.15) is 5.01 Å². The maximum absolute atomic E-state index is 12.3. The first-order chi connectivity index (χ1) is 12.8. The lowest BCUT2D eigenvalue weighted by Gasteiger charge is -2.09. The molecule has 0 saturated carbocycles. The maximum Gasteiger partial charge on any atom is 0.319 e. The molecule has 0 fully saturated rings. The highest BCUT2D eigenvalue weighted by Gasteiger charge is 2.08. The van der Waals surface area contributed by atoms with Crippen LogP contribution in [0.5, 0.6) is 0 Å². The van der Waals surface area contributed by atoms with Crippen LogP contribution in [0.4, 0.5) is 10.5 Å². The van der Waals surface area contributed by atoms with Crippen molar-refractivity contribution in [2.75, 3.05) is 5.32 Å². The van der Waals surface area contributed by atoms with Gasteiger partial charge in [0.1, 0.15) is 5.01 Å². The minimum atomic E-state index is -0.238. The lowest BCUT2D eigenvalue weighted by Crippen LogP contribution is -2.28. The maximum atomic E-state index is 12.3. The van der Waals surface area contributed by atoms with Crippen molar-refractivity contribution < 1.29 is 4.79 Å². The van der Waals surface area contributed by atoms with E-state index in [1.165, 1.54) is 0 Å². The number of fused-ring (bicyclic) bond motifs is 1. The van der Waals surface area contributed by atoms with Gasteiger partial charge in [0.05, 0.1) is 17.9 Å². The number of carbonyl (C=O) groups is 1. The first kappa shape index (κ1) is 16.3. The van der Waals surface area contributed by atoms with Crippen LogP contribution >= 0.6 is 11.3 Å². The number of benzene rings is 3. The Morgan fingerprint density at radius 1 is 0.923 bits per heavy atom. The molecule has 4 nitrogen and oxygen atoms in total. The monoisotopic (exact) mass is 359 g/mol. The SMILES string of the molecule is O=C(NCc1nc(-c2ccccc2)cs1)Nc1cccc2ccccc12. The number of hydrogen-bond acceptors (Lipinski definition) is 3. The van der Waals surface area contributed by atoms with Crippen molar-refractivity contribution in [3.63, 3.8) is 0 Å². The van der Waals surface area contributed by atoms with E-state index in [-0.39, 0.29) is 6.03 Å². The average Bonchev–Trinajstić information content (AvgIpc) is 3.17. The number of aromatic nitrogens is 1. The summed E-state index contributed by atoms with van der Waals surface area (Å²) in [5.41, 5.74) is 2.81. The Kier molecular flexibility index (Phi) is 4.62. The zero-order valence-electron chi connectivity index (χ0n) is 14.0. The van der Waals surface area contributed by atoms with E-state index >= 15 is 0 Å². The van der Waals surface area contributed by atoms with Crippen molar-refractivity contribution in [3.8, 4) is 11.3 Å². The molecular weight excluding hydrogens is 342 g/mol. The zero-order valence-corrected chi connectivity index (χ0v) is 14.8. The predicted molar refractivity (Wildman–Crippen MR) is 107 cm³/mol. The number of anilines is 1. The van der Waals surface area contributed by atoms with Gasteiger partial charge in [-0.2, -0.15) is 0 Å². The van der Waals surface area contributed by atoms with E-state index in [9.17, 15) is 4.79 Å². The van der Waals surface area contributed by atoms with E-state index in [1.807, 2.05) is 78.2 Å². The van der Waals surface area contributed by atoms with Crippen molar-refractivity contribution in [1.29, 1.82) is 0 Å². The quantitative estimate of drug-likeness (QED) is 0.520. The van der Waals surface area contributed by atoms with Crippen molar-refractivity contribution in [2.24, 2.45) is 0 Å². The molecule has 1 aromatic heterocycles. The van der Waals surface area contributed by atoms with Crippen molar-refractivity contribution in [2.45, 2.75) is 6.54 Å². The van der Waals surface area contributed by atoms with E-state index in [2.05, 4.69) is 15.6 Å². The Labute approximate surface area is 155 Å². The highest BCUT2D eigenvalue weighted by atomic mass is 32.1. The molecule has 5 heteroatoms. The molecule has 26 heavy (non-hydrogen) atoms. The van der Waals surface area contributed by atoms with Gasteiger partial charge >= 0.3 is 6.03 Å². The Morgan fingerprint density at radius 3 is 2.58 bits per heavy atom. The van der Waals surface area contributed by atoms with Crippen molar-refractivity contribution in [3.05, 3.63) is 83.2 Å². The molecule has 3 aromatic carbocycles. The molecule has 128 valence electrons. The van der Waals surface area contributed by atoms with E-state index in [0.717, 1.165) is 32.7 Å². The Bertz CT molecular complexity index is 1040. The predicted octanol–water partition coefficient (Wildman–Crippen LogP) is 5.29. The molecule has 2 N–H and O–H groups in total. The number of rotatable bonds is 4. The number of thiazole rings is 1. The van der Waals surface area contributed by atoms with Gasteiger partial charge in [0, 0.05) is 16.3 Å². The molecule has 0 atom stereocenters. The largest absolute Gasteiger partial charge is 0.331 e. The number of amides is 2. The third-order valence-electron chi connectivity index (χ3n) is 4.06. The van der Waals surface area contributed by atoms with Crippen LogP contribution < -0.4 is 10.6 Å². The van der Waals surface area contributed by atoms with Crippen molar-refractivity contribution >= 4 is 33.8 Å². The number of hydrogen-bond donors (Lipinski definition) is 2. The summed E-state index contributed by atoms with van der Waals surface area (Å²) in [6.07, 6.45) is 0. The standard InChI is InChI=1S/C21H17N3OS/c25-21(24-18-12-6-10-15-7-4-5-11-17(15)18)22-13-20-23-19(14-26-20)16-8-2-1-3-9-16/h1-12,14H,13H2,(H2,22,24,25). The summed E-state index contributed by atoms with van der Waals surface area (Å²) >= 11 is 1.54. The van der Waals surface area contributed by atoms with Gasteiger partial charge in [0.2, 0.25) is 0 Å². The summed E-state index contributed by atoms with van der Waals surface area (Å²) in [4.78, 5) is 16.8. The number of urea groups is 1. The van der Waals surface area contributed by atoms with Crippen LogP contribution in [0.3, 0.4) is 0 Å². The second kappa shape index (κ2) is 7.37. The Balaban J connectivity index is 1.41. The van der Waals surface area contributed by atoms with Gasteiger partial charge in [-0.15, -0.1) is 11.3 Å². The van der Waals surface area contributed by atoms with Gasteiger partial charge in [-0.1, -0.05) is 66.7 Å². The first-order valence-corrected chi connectivity index (χ1v) is 9.20. The topological polar surface area (TPSA) is 54.0 Å². The molecule has 0 radical (unpaired) electrons. The molecule has 0 unspecified atom stereocenters. The summed E-state index contributed by atoms with van der Waals surface area (Å²) < 4.78 is 0. The molecule has 1 heterocycles. The van der Waals surface area contributed by atoms with E-state index in [1.54, 1.807) is 11.3 Å². The fourth-order valence-corrected chi connectivity index (χ4v) is 3.53. The second-order valence-corrected chi connectivity index (χ2v) is 6.77. The molecule has 4 aromatic rings. The molecule has 2 amide bonds. The van der Waals surface area contributed by atoms with Gasteiger partial charge in [0.15, 0.2) is 0 Å². The van der Waals surface area contributed by atoms with Crippen LogP contribution in [-0.2, 0) is 6.54 Å². The van der Waals surface area contributed by atoms with Gasteiger partial charge in [0.25, 0.3) is 0 Å². The van der Waals surface area contributed by atoms with E-state index in [4.69, 9.17) is 0 Å². The van der Waals surface area contributed by atoms with E-state index in [0.29, 0.717) is 6.54 Å². The first-order valence-electron chi connectivity index (χ1n) is 8.32. The number of nitrogens with one attached hydrogen (secondary N) is 2. The Hall–Kier alpha value is -3.18. The Morgan fingerprint density at radius 2 is 1.69 bits per heavy atom.